The number of carbonyl (C=O) groups is 2. The molecule has 3 heterocycles. The number of carbonyl (C=O) groups excluding carboxylic acids is 1. The zero-order valence-electron chi connectivity index (χ0n) is 20.5. The van der Waals surface area contributed by atoms with Crippen LogP contribution in [0.2, 0.25) is 0 Å². The molecule has 2 N–H and O–H groups in total. The van der Waals surface area contributed by atoms with E-state index >= 15 is 0 Å². The molecule has 1 atom stereocenters. The fraction of sp³-hybridized carbons (Fsp3) is 0.100. The molecule has 0 bridgehead atoms. The summed E-state index contributed by atoms with van der Waals surface area (Å²) in [5, 5.41) is 20.1. The van der Waals surface area contributed by atoms with Crippen LogP contribution < -0.4 is 14.9 Å². The number of rotatable bonds is 5. The van der Waals surface area contributed by atoms with E-state index < -0.39 is 23.3 Å². The van der Waals surface area contributed by atoms with E-state index in [2.05, 4.69) is 0 Å². The van der Waals surface area contributed by atoms with Gasteiger partial charge in [-0.05, 0) is 42.0 Å². The zero-order valence-corrected chi connectivity index (χ0v) is 20.5. The number of benzene rings is 3. The summed E-state index contributed by atoms with van der Waals surface area (Å²) < 4.78 is 22.6. The summed E-state index contributed by atoms with van der Waals surface area (Å²) in [4.78, 5) is 37.4. The highest BCUT2D eigenvalue weighted by Gasteiger charge is 2.35. The molecule has 0 amide bonds. The van der Waals surface area contributed by atoms with E-state index in [9.17, 15) is 24.6 Å². The van der Waals surface area contributed by atoms with Crippen molar-refractivity contribution in [3.8, 4) is 39.7 Å². The van der Waals surface area contributed by atoms with E-state index in [0.717, 1.165) is 0 Å². The molecule has 2 aromatic heterocycles. The number of hydrogen-bond donors (Lipinski definition) is 2. The SMILES string of the molecule is COc1ccc(-c2coc3c4c(cc(O)c3c2=O)OC(=O)C[C@@H]4c2ccc(-c3cccc(C(=O)O)c3)o2)cc1. The lowest BCUT2D eigenvalue weighted by atomic mass is 9.88. The number of phenols is 1. The Morgan fingerprint density at radius 2 is 1.79 bits per heavy atom. The summed E-state index contributed by atoms with van der Waals surface area (Å²) in [7, 11) is 1.54. The molecular formula is C30H20O9. The molecule has 9 heteroatoms. The number of aromatic hydroxyl groups is 1. The van der Waals surface area contributed by atoms with Crippen LogP contribution in [0, 0.1) is 0 Å². The number of esters is 1. The molecule has 0 saturated carbocycles. The van der Waals surface area contributed by atoms with Gasteiger partial charge in [0.2, 0.25) is 5.43 Å². The van der Waals surface area contributed by atoms with Crippen LogP contribution in [-0.2, 0) is 4.79 Å². The fourth-order valence-electron chi connectivity index (χ4n) is 4.85. The molecule has 0 unspecified atom stereocenters. The van der Waals surface area contributed by atoms with Crippen molar-refractivity contribution in [3.63, 3.8) is 0 Å². The van der Waals surface area contributed by atoms with Gasteiger partial charge in [0.05, 0.1) is 30.6 Å². The summed E-state index contributed by atoms with van der Waals surface area (Å²) in [6.07, 6.45) is 1.21. The summed E-state index contributed by atoms with van der Waals surface area (Å²) in [6.45, 7) is 0. The Labute approximate surface area is 220 Å². The van der Waals surface area contributed by atoms with Gasteiger partial charge in [0.25, 0.3) is 0 Å². The van der Waals surface area contributed by atoms with Crippen molar-refractivity contribution in [2.45, 2.75) is 12.3 Å². The number of methoxy groups -OCH3 is 1. The van der Waals surface area contributed by atoms with E-state index in [-0.39, 0.29) is 40.0 Å². The quantitative estimate of drug-likeness (QED) is 0.223. The first kappa shape index (κ1) is 24.1. The second-order valence-electron chi connectivity index (χ2n) is 9.04. The van der Waals surface area contributed by atoms with Crippen molar-refractivity contribution in [1.82, 2.24) is 0 Å². The minimum atomic E-state index is -1.07. The second kappa shape index (κ2) is 9.21. The van der Waals surface area contributed by atoms with Crippen LogP contribution in [-0.4, -0.2) is 29.3 Å². The van der Waals surface area contributed by atoms with Crippen LogP contribution in [0.3, 0.4) is 0 Å². The Balaban J connectivity index is 1.48. The Bertz CT molecular complexity index is 1830. The average molecular weight is 524 g/mol. The number of hydrogen-bond acceptors (Lipinski definition) is 8. The van der Waals surface area contributed by atoms with Crippen molar-refractivity contribution < 1.29 is 38.1 Å². The van der Waals surface area contributed by atoms with Crippen molar-refractivity contribution in [2.24, 2.45) is 0 Å². The summed E-state index contributed by atoms with van der Waals surface area (Å²) in [5.41, 5.74) is 1.48. The van der Waals surface area contributed by atoms with Gasteiger partial charge in [-0.2, -0.15) is 0 Å². The number of ether oxygens (including phenoxy) is 2. The highest BCUT2D eigenvalue weighted by atomic mass is 16.5. The van der Waals surface area contributed by atoms with Gasteiger partial charge in [0.15, 0.2) is 0 Å². The van der Waals surface area contributed by atoms with Gasteiger partial charge in [-0.3, -0.25) is 9.59 Å². The predicted octanol–water partition coefficient (Wildman–Crippen LogP) is 5.57. The molecule has 0 saturated heterocycles. The van der Waals surface area contributed by atoms with Crippen molar-refractivity contribution in [3.05, 3.63) is 100 Å². The number of fused-ring (bicyclic) bond motifs is 3. The van der Waals surface area contributed by atoms with Crippen molar-refractivity contribution in [2.75, 3.05) is 7.11 Å². The lowest BCUT2D eigenvalue weighted by Crippen LogP contribution is -2.21. The van der Waals surface area contributed by atoms with Crippen LogP contribution in [0.5, 0.6) is 17.2 Å². The van der Waals surface area contributed by atoms with E-state index in [1.807, 2.05) is 0 Å². The zero-order chi connectivity index (χ0) is 27.3. The molecule has 1 aliphatic rings. The number of furan rings is 1. The van der Waals surface area contributed by atoms with Gasteiger partial charge in [0, 0.05) is 17.2 Å². The third kappa shape index (κ3) is 4.10. The normalized spacial score (nSPS) is 14.6. The molecule has 0 spiro atoms. The van der Waals surface area contributed by atoms with Crippen LogP contribution in [0.4, 0.5) is 0 Å². The highest BCUT2D eigenvalue weighted by molar-refractivity contribution is 5.94. The van der Waals surface area contributed by atoms with E-state index in [0.29, 0.717) is 34.0 Å². The molecule has 6 rings (SSSR count). The van der Waals surface area contributed by atoms with Crippen molar-refractivity contribution in [1.29, 1.82) is 0 Å². The summed E-state index contributed by atoms with van der Waals surface area (Å²) in [6, 6.07) is 17.7. The summed E-state index contributed by atoms with van der Waals surface area (Å²) in [5.74, 6) is -1.21. The standard InChI is InChI=1S/C30H20O9/c1-36-18-7-5-15(6-8-18)20-14-37-29-26-19(12-25(32)39-24(26)13-21(31)27(29)28(20)33)23-10-9-22(38-23)16-3-2-4-17(11-16)30(34)35/h2-11,13-14,19,31H,12H2,1H3,(H,34,35)/t19-/m1/s1. The molecule has 194 valence electrons. The smallest absolute Gasteiger partial charge is 0.335 e. The minimum absolute atomic E-state index is 0.0500. The van der Waals surface area contributed by atoms with Gasteiger partial charge in [-0.15, -0.1) is 0 Å². The molecule has 39 heavy (non-hydrogen) atoms. The largest absolute Gasteiger partial charge is 0.507 e. The molecule has 1 aliphatic heterocycles. The maximum Gasteiger partial charge on any atom is 0.335 e. The van der Waals surface area contributed by atoms with Gasteiger partial charge in [0.1, 0.15) is 46.0 Å². The number of carboxylic acid groups (broad SMARTS) is 1. The third-order valence-corrected chi connectivity index (χ3v) is 6.74. The Kier molecular flexibility index (Phi) is 5.68. The first-order valence-electron chi connectivity index (χ1n) is 11.9. The molecule has 5 aromatic rings. The molecule has 9 nitrogen and oxygen atoms in total. The maximum absolute atomic E-state index is 13.5. The van der Waals surface area contributed by atoms with Crippen LogP contribution in [0.1, 0.15) is 34.0 Å². The first-order valence-corrected chi connectivity index (χ1v) is 11.9. The third-order valence-electron chi connectivity index (χ3n) is 6.74. The van der Waals surface area contributed by atoms with Crippen molar-refractivity contribution >= 4 is 22.9 Å². The Morgan fingerprint density at radius 1 is 1.00 bits per heavy atom. The lowest BCUT2D eigenvalue weighted by molar-refractivity contribution is -0.135. The predicted molar refractivity (Wildman–Crippen MR) is 139 cm³/mol. The fourth-order valence-corrected chi connectivity index (χ4v) is 4.85. The first-order chi connectivity index (χ1) is 18.8. The maximum atomic E-state index is 13.5. The van der Waals surface area contributed by atoms with Gasteiger partial charge < -0.3 is 28.5 Å². The molecule has 0 radical (unpaired) electrons. The molecule has 0 aliphatic carbocycles. The number of carboxylic acids is 1. The number of aromatic carboxylic acids is 1. The Hall–Kier alpha value is -5.31. The van der Waals surface area contributed by atoms with E-state index in [1.165, 1.54) is 24.5 Å². The molecule has 0 fully saturated rings. The molecule has 3 aromatic carbocycles. The van der Waals surface area contributed by atoms with E-state index in [1.54, 1.807) is 55.6 Å². The van der Waals surface area contributed by atoms with Crippen LogP contribution >= 0.6 is 0 Å². The average Bonchev–Trinajstić information content (AvgIpc) is 3.43. The summed E-state index contributed by atoms with van der Waals surface area (Å²) >= 11 is 0. The lowest BCUT2D eigenvalue weighted by Gasteiger charge is -2.24. The van der Waals surface area contributed by atoms with Crippen LogP contribution in [0.15, 0.2) is 86.6 Å². The monoisotopic (exact) mass is 524 g/mol. The topological polar surface area (TPSA) is 136 Å². The minimum Gasteiger partial charge on any atom is -0.507 e. The molecular weight excluding hydrogens is 504 g/mol. The second-order valence-corrected chi connectivity index (χ2v) is 9.04. The number of phenolic OH excluding ortho intramolecular Hbond substituents is 1. The van der Waals surface area contributed by atoms with E-state index in [4.69, 9.17) is 18.3 Å². The highest BCUT2D eigenvalue weighted by Crippen LogP contribution is 2.46. The van der Waals surface area contributed by atoms with Gasteiger partial charge in [-0.1, -0.05) is 24.3 Å². The van der Waals surface area contributed by atoms with Crippen LogP contribution in [0.25, 0.3) is 33.4 Å². The van der Waals surface area contributed by atoms with Gasteiger partial charge in [-0.25, -0.2) is 4.79 Å². The Morgan fingerprint density at radius 3 is 2.54 bits per heavy atom. The van der Waals surface area contributed by atoms with Gasteiger partial charge >= 0.3 is 11.9 Å².